The number of hydrazine groups is 1. The average molecular weight is 369 g/mol. The van der Waals surface area contributed by atoms with Crippen molar-refractivity contribution >= 4 is 12.0 Å². The SMILES string of the molecule is C=C(CCCOc1ccc(-c2cnc(C)o2)cc1SOOO)ONN. The van der Waals surface area contributed by atoms with Crippen molar-refractivity contribution in [2.45, 2.75) is 24.7 Å². The Kier molecular flexibility index (Phi) is 7.73. The molecule has 136 valence electrons. The summed E-state index contributed by atoms with van der Waals surface area (Å²) in [5.41, 5.74) is 2.86. The Morgan fingerprint density at radius 2 is 2.32 bits per heavy atom. The molecule has 0 bridgehead atoms. The molecule has 2 aromatic rings. The molecule has 1 aromatic carbocycles. The van der Waals surface area contributed by atoms with E-state index in [0.717, 1.165) is 17.6 Å². The number of hydrogen-bond acceptors (Lipinski definition) is 10. The second-order valence-electron chi connectivity index (χ2n) is 4.84. The maximum atomic E-state index is 8.38. The molecule has 2 rings (SSSR count). The smallest absolute Gasteiger partial charge is 0.191 e. The van der Waals surface area contributed by atoms with Gasteiger partial charge in [-0.25, -0.2) is 16.1 Å². The lowest BCUT2D eigenvalue weighted by Gasteiger charge is -2.11. The molecule has 0 amide bonds. The Bertz CT molecular complexity index is 694. The van der Waals surface area contributed by atoms with E-state index < -0.39 is 0 Å². The Hall–Kier alpha value is -2.08. The first-order chi connectivity index (χ1) is 12.1. The minimum atomic E-state index is 0.418. The third kappa shape index (κ3) is 6.05. The predicted octanol–water partition coefficient (Wildman–Crippen LogP) is 3.15. The van der Waals surface area contributed by atoms with Gasteiger partial charge in [0, 0.05) is 18.9 Å². The van der Waals surface area contributed by atoms with E-state index in [1.807, 2.05) is 6.07 Å². The van der Waals surface area contributed by atoms with E-state index in [2.05, 4.69) is 26.5 Å². The molecule has 1 aromatic heterocycles. The molecule has 0 atom stereocenters. The molecule has 0 aliphatic carbocycles. The summed E-state index contributed by atoms with van der Waals surface area (Å²) in [5.74, 6) is 7.27. The van der Waals surface area contributed by atoms with Crippen molar-refractivity contribution in [3.05, 3.63) is 42.6 Å². The van der Waals surface area contributed by atoms with Crippen molar-refractivity contribution < 1.29 is 28.6 Å². The molecule has 0 fully saturated rings. The minimum absolute atomic E-state index is 0.418. The van der Waals surface area contributed by atoms with Crippen LogP contribution in [0.4, 0.5) is 0 Å². The van der Waals surface area contributed by atoms with Crippen LogP contribution in [0.15, 0.2) is 46.0 Å². The summed E-state index contributed by atoms with van der Waals surface area (Å²) in [4.78, 5) is 9.49. The van der Waals surface area contributed by atoms with Gasteiger partial charge in [-0.3, -0.25) is 0 Å². The van der Waals surface area contributed by atoms with Crippen molar-refractivity contribution in [2.75, 3.05) is 6.61 Å². The topological polar surface area (TPSA) is 121 Å². The quantitative estimate of drug-likeness (QED) is 0.136. The molecular formula is C15H19N3O6S. The normalized spacial score (nSPS) is 10.7. The van der Waals surface area contributed by atoms with Gasteiger partial charge in [-0.1, -0.05) is 17.2 Å². The second kappa shape index (κ2) is 10.0. The molecule has 0 aliphatic rings. The molecule has 4 N–H and O–H groups in total. The average Bonchev–Trinajstić information content (AvgIpc) is 3.04. The van der Waals surface area contributed by atoms with Gasteiger partial charge in [0.1, 0.15) is 11.5 Å². The van der Waals surface area contributed by atoms with Crippen molar-refractivity contribution in [3.63, 3.8) is 0 Å². The molecule has 0 spiro atoms. The highest BCUT2D eigenvalue weighted by atomic mass is 32.2. The molecule has 9 nitrogen and oxygen atoms in total. The summed E-state index contributed by atoms with van der Waals surface area (Å²) in [6, 6.07) is 5.38. The number of nitrogens with one attached hydrogen (secondary N) is 1. The van der Waals surface area contributed by atoms with Crippen LogP contribution in [-0.2, 0) is 14.2 Å². The number of hydrogen-bond donors (Lipinski definition) is 3. The van der Waals surface area contributed by atoms with E-state index in [-0.39, 0.29) is 0 Å². The van der Waals surface area contributed by atoms with Crippen molar-refractivity contribution in [1.82, 2.24) is 10.6 Å². The maximum absolute atomic E-state index is 8.38. The monoisotopic (exact) mass is 369 g/mol. The number of aryl methyl sites for hydroxylation is 1. The van der Waals surface area contributed by atoms with Crippen LogP contribution in [0.3, 0.4) is 0 Å². The fourth-order valence-electron chi connectivity index (χ4n) is 1.98. The lowest BCUT2D eigenvalue weighted by molar-refractivity contribution is -0.432. The highest BCUT2D eigenvalue weighted by Gasteiger charge is 2.12. The first kappa shape index (κ1) is 19.2. The third-order valence-electron chi connectivity index (χ3n) is 3.06. The Labute approximate surface area is 148 Å². The molecule has 25 heavy (non-hydrogen) atoms. The largest absolute Gasteiger partial charge is 0.492 e. The van der Waals surface area contributed by atoms with Crippen LogP contribution >= 0.6 is 12.0 Å². The molecular weight excluding hydrogens is 350 g/mol. The van der Waals surface area contributed by atoms with Crippen LogP contribution in [0.2, 0.25) is 0 Å². The Morgan fingerprint density at radius 1 is 1.48 bits per heavy atom. The molecule has 0 radical (unpaired) electrons. The Morgan fingerprint density at radius 3 is 3.00 bits per heavy atom. The van der Waals surface area contributed by atoms with Crippen molar-refractivity contribution in [2.24, 2.45) is 5.84 Å². The standard InChI is InChI=1S/C15H19N3O6S/c1-10(22-18-16)4-3-7-20-13-6-5-12(8-15(13)25-24-23-19)14-9-17-11(2)21-14/h5-6,8-9,18-19H,1,3-4,7,16H2,2H3. The Balaban J connectivity index is 2.02. The summed E-state index contributed by atoms with van der Waals surface area (Å²) in [7, 11) is 0. The lowest BCUT2D eigenvalue weighted by Crippen LogP contribution is -2.21. The number of allylic oxidation sites excluding steroid dienone is 1. The first-order valence-corrected chi connectivity index (χ1v) is 8.03. The fraction of sp³-hybridized carbons (Fsp3) is 0.267. The number of nitrogens with two attached hydrogens (primary N) is 1. The van der Waals surface area contributed by atoms with E-state index in [1.165, 1.54) is 0 Å². The van der Waals surface area contributed by atoms with Crippen LogP contribution in [0.25, 0.3) is 11.3 Å². The molecule has 0 aliphatic heterocycles. The number of nitrogens with zero attached hydrogens (tertiary/aromatic N) is 1. The van der Waals surface area contributed by atoms with E-state index in [0.29, 0.717) is 47.5 Å². The zero-order chi connectivity index (χ0) is 18.1. The van der Waals surface area contributed by atoms with Gasteiger partial charge in [0.25, 0.3) is 0 Å². The van der Waals surface area contributed by atoms with E-state index in [9.17, 15) is 0 Å². The van der Waals surface area contributed by atoms with Crippen molar-refractivity contribution in [1.29, 1.82) is 0 Å². The number of benzene rings is 1. The van der Waals surface area contributed by atoms with Crippen LogP contribution in [-0.4, -0.2) is 16.8 Å². The molecule has 1 heterocycles. The highest BCUT2D eigenvalue weighted by molar-refractivity contribution is 7.94. The van der Waals surface area contributed by atoms with Gasteiger partial charge >= 0.3 is 0 Å². The zero-order valence-electron chi connectivity index (χ0n) is 13.6. The lowest BCUT2D eigenvalue weighted by atomic mass is 10.2. The van der Waals surface area contributed by atoms with Crippen LogP contribution in [0.1, 0.15) is 18.7 Å². The van der Waals surface area contributed by atoms with Gasteiger partial charge in [0.15, 0.2) is 11.7 Å². The number of aromatic nitrogens is 1. The molecule has 0 saturated carbocycles. The number of rotatable bonds is 11. The second-order valence-corrected chi connectivity index (χ2v) is 5.58. The zero-order valence-corrected chi connectivity index (χ0v) is 14.4. The molecule has 10 heteroatoms. The van der Waals surface area contributed by atoms with Gasteiger partial charge in [0.2, 0.25) is 0 Å². The summed E-state index contributed by atoms with van der Waals surface area (Å²) < 4.78 is 15.7. The number of ether oxygens (including phenoxy) is 1. The maximum Gasteiger partial charge on any atom is 0.191 e. The van der Waals surface area contributed by atoms with Gasteiger partial charge in [-0.2, -0.15) is 0 Å². The predicted molar refractivity (Wildman–Crippen MR) is 89.6 cm³/mol. The van der Waals surface area contributed by atoms with Gasteiger partial charge in [-0.05, 0) is 24.6 Å². The highest BCUT2D eigenvalue weighted by Crippen LogP contribution is 2.34. The van der Waals surface area contributed by atoms with Gasteiger partial charge in [0.05, 0.1) is 29.7 Å². The third-order valence-corrected chi connectivity index (χ3v) is 3.69. The summed E-state index contributed by atoms with van der Waals surface area (Å²) in [6.45, 7) is 5.87. The number of oxazole rings is 1. The summed E-state index contributed by atoms with van der Waals surface area (Å²) in [6.07, 6.45) is 2.88. The van der Waals surface area contributed by atoms with Gasteiger partial charge < -0.3 is 14.0 Å². The van der Waals surface area contributed by atoms with Crippen LogP contribution in [0.5, 0.6) is 5.75 Å². The van der Waals surface area contributed by atoms with E-state index >= 15 is 0 Å². The summed E-state index contributed by atoms with van der Waals surface area (Å²) in [5, 5.41) is 12.0. The van der Waals surface area contributed by atoms with E-state index in [4.69, 9.17) is 25.1 Å². The molecule has 0 unspecified atom stereocenters. The first-order valence-electron chi connectivity index (χ1n) is 7.28. The van der Waals surface area contributed by atoms with E-state index in [1.54, 1.807) is 25.3 Å². The fourth-order valence-corrected chi connectivity index (χ4v) is 2.47. The van der Waals surface area contributed by atoms with Crippen LogP contribution < -0.4 is 16.2 Å². The minimum Gasteiger partial charge on any atom is -0.492 e. The molecule has 0 saturated heterocycles. The van der Waals surface area contributed by atoms with Gasteiger partial charge in [-0.15, -0.1) is 4.33 Å². The summed E-state index contributed by atoms with van der Waals surface area (Å²) >= 11 is 0.807. The van der Waals surface area contributed by atoms with Crippen molar-refractivity contribution in [3.8, 4) is 17.1 Å². The van der Waals surface area contributed by atoms with Crippen LogP contribution in [0, 0.1) is 6.92 Å².